The predicted octanol–water partition coefficient (Wildman–Crippen LogP) is 8.52. The van der Waals surface area contributed by atoms with E-state index in [0.717, 1.165) is 17.0 Å². The summed E-state index contributed by atoms with van der Waals surface area (Å²) in [6, 6.07) is 11.0. The van der Waals surface area contributed by atoms with Gasteiger partial charge in [-0.1, -0.05) is 113 Å². The van der Waals surface area contributed by atoms with E-state index in [0.29, 0.717) is 0 Å². The van der Waals surface area contributed by atoms with Crippen molar-refractivity contribution in [3.8, 4) is 0 Å². The first-order chi connectivity index (χ1) is 13.9. The van der Waals surface area contributed by atoms with Crippen molar-refractivity contribution in [2.24, 2.45) is 0 Å². The van der Waals surface area contributed by atoms with Gasteiger partial charge in [0, 0.05) is 0 Å². The molecular formula is C27H41P. The third-order valence-corrected chi connectivity index (χ3v) is 14.1. The van der Waals surface area contributed by atoms with Gasteiger partial charge in [-0.15, -0.1) is 0 Å². The molecule has 0 aromatic heterocycles. The molecule has 0 nitrogen and oxygen atoms in total. The highest BCUT2D eigenvalue weighted by molar-refractivity contribution is 7.77. The van der Waals surface area contributed by atoms with Crippen LogP contribution in [0.15, 0.2) is 36.4 Å². The highest BCUT2D eigenvalue weighted by Gasteiger charge is 2.41. The van der Waals surface area contributed by atoms with Gasteiger partial charge in [-0.3, -0.25) is 0 Å². The summed E-state index contributed by atoms with van der Waals surface area (Å²) in [5.74, 6) is 2.89. The highest BCUT2D eigenvalue weighted by Crippen LogP contribution is 2.69. The SMILES string of the molecule is C(=Cc1ccccc1)C=P(C1CCCCC1)(C1CCCCC1)C1CCCCC1. The van der Waals surface area contributed by atoms with E-state index in [-0.39, 0.29) is 0 Å². The molecule has 1 aromatic rings. The molecule has 0 unspecified atom stereocenters. The van der Waals surface area contributed by atoms with Crippen LogP contribution in [0.5, 0.6) is 0 Å². The number of benzene rings is 1. The molecule has 3 saturated carbocycles. The lowest BCUT2D eigenvalue weighted by Crippen LogP contribution is -2.32. The van der Waals surface area contributed by atoms with Crippen LogP contribution in [-0.2, 0) is 0 Å². The lowest BCUT2D eigenvalue weighted by molar-refractivity contribution is 0.458. The summed E-state index contributed by atoms with van der Waals surface area (Å²) in [6.45, 7) is -1.07. The van der Waals surface area contributed by atoms with Crippen molar-refractivity contribution in [3.63, 3.8) is 0 Å². The Bertz CT molecular complexity index is 600. The number of allylic oxidation sites excluding steroid dienone is 1. The summed E-state index contributed by atoms with van der Waals surface area (Å²) in [4.78, 5) is 0. The lowest BCUT2D eigenvalue weighted by atomic mass is 9.99. The number of hydrogen-bond donors (Lipinski definition) is 0. The summed E-state index contributed by atoms with van der Waals surface area (Å²) in [5.41, 5.74) is 4.52. The van der Waals surface area contributed by atoms with Gasteiger partial charge in [-0.25, -0.2) is 0 Å². The zero-order valence-corrected chi connectivity index (χ0v) is 18.8. The van der Waals surface area contributed by atoms with Crippen LogP contribution in [0.2, 0.25) is 0 Å². The lowest BCUT2D eigenvalue weighted by Gasteiger charge is -2.50. The van der Waals surface area contributed by atoms with Gasteiger partial charge in [-0.05, 0) is 61.1 Å². The van der Waals surface area contributed by atoms with Gasteiger partial charge in [0.2, 0.25) is 0 Å². The Labute approximate surface area is 174 Å². The minimum atomic E-state index is -1.07. The smallest absolute Gasteiger partial charge is 0.0205 e. The fourth-order valence-electron chi connectivity index (χ4n) is 6.71. The Morgan fingerprint density at radius 2 is 1.00 bits per heavy atom. The van der Waals surface area contributed by atoms with Gasteiger partial charge in [-0.2, -0.15) is 0 Å². The Morgan fingerprint density at radius 3 is 1.43 bits per heavy atom. The van der Waals surface area contributed by atoms with E-state index in [1.165, 1.54) is 102 Å². The van der Waals surface area contributed by atoms with E-state index < -0.39 is 6.89 Å². The maximum atomic E-state index is 2.89. The van der Waals surface area contributed by atoms with Crippen LogP contribution in [0.4, 0.5) is 0 Å². The van der Waals surface area contributed by atoms with Gasteiger partial charge in [0.1, 0.15) is 0 Å². The van der Waals surface area contributed by atoms with Crippen LogP contribution in [0.3, 0.4) is 0 Å². The summed E-state index contributed by atoms with van der Waals surface area (Å²) in [6.07, 6.45) is 27.7. The quantitative estimate of drug-likeness (QED) is 0.437. The summed E-state index contributed by atoms with van der Waals surface area (Å²) in [7, 11) is 0. The maximum Gasteiger partial charge on any atom is -0.0205 e. The highest BCUT2D eigenvalue weighted by atomic mass is 31.2. The van der Waals surface area contributed by atoms with Crippen molar-refractivity contribution in [1.82, 2.24) is 0 Å². The van der Waals surface area contributed by atoms with E-state index >= 15 is 0 Å². The molecule has 0 amide bonds. The topological polar surface area (TPSA) is 0 Å². The van der Waals surface area contributed by atoms with E-state index in [4.69, 9.17) is 0 Å². The third kappa shape index (κ3) is 4.70. The van der Waals surface area contributed by atoms with Gasteiger partial charge in [0.25, 0.3) is 0 Å². The summed E-state index contributed by atoms with van der Waals surface area (Å²) >= 11 is 0. The number of rotatable bonds is 5. The van der Waals surface area contributed by atoms with Crippen molar-refractivity contribution in [3.05, 3.63) is 42.0 Å². The molecular weight excluding hydrogens is 355 g/mol. The first-order valence-corrected chi connectivity index (χ1v) is 14.4. The molecule has 3 aliphatic rings. The first kappa shape index (κ1) is 20.5. The zero-order valence-electron chi connectivity index (χ0n) is 17.9. The second kappa shape index (κ2) is 10.3. The van der Waals surface area contributed by atoms with Crippen molar-refractivity contribution in [1.29, 1.82) is 0 Å². The van der Waals surface area contributed by atoms with Crippen molar-refractivity contribution < 1.29 is 0 Å². The molecule has 3 aliphatic carbocycles. The second-order valence-corrected chi connectivity index (χ2v) is 14.0. The first-order valence-electron chi connectivity index (χ1n) is 12.3. The minimum Gasteiger partial charge on any atom is -0.0960 e. The minimum absolute atomic E-state index is 1.05. The molecule has 1 heteroatoms. The van der Waals surface area contributed by atoms with Crippen LogP contribution in [0.25, 0.3) is 6.08 Å². The second-order valence-electron chi connectivity index (χ2n) is 9.69. The largest absolute Gasteiger partial charge is 0.0960 e. The average molecular weight is 397 g/mol. The van der Waals surface area contributed by atoms with E-state index in [9.17, 15) is 0 Å². The standard InChI is InChI=1S/C27H41P/c1-5-14-24(15-6-1)16-13-23-28(25-17-7-2-8-18-25,26-19-9-3-10-20-26)27-21-11-4-12-22-27/h1,5-6,13-16,23,25-27H,2-4,7-12,17-22H2. The van der Waals surface area contributed by atoms with Crippen LogP contribution in [0, 0.1) is 0 Å². The Kier molecular flexibility index (Phi) is 7.58. The molecule has 1 aromatic carbocycles. The summed E-state index contributed by atoms with van der Waals surface area (Å²) < 4.78 is 0. The molecule has 0 N–H and O–H groups in total. The molecule has 0 spiro atoms. The molecule has 154 valence electrons. The predicted molar refractivity (Wildman–Crippen MR) is 129 cm³/mol. The molecule has 3 fully saturated rings. The molecule has 4 rings (SSSR count). The van der Waals surface area contributed by atoms with Gasteiger partial charge in [0.15, 0.2) is 0 Å². The molecule has 0 radical (unpaired) electrons. The molecule has 0 atom stereocenters. The van der Waals surface area contributed by atoms with Crippen molar-refractivity contribution >= 4 is 18.8 Å². The third-order valence-electron chi connectivity index (χ3n) is 8.05. The van der Waals surface area contributed by atoms with E-state index in [2.05, 4.69) is 48.3 Å². The van der Waals surface area contributed by atoms with Gasteiger partial charge in [0.05, 0.1) is 0 Å². The normalized spacial score (nSPS) is 23.9. The molecule has 0 saturated heterocycles. The maximum absolute atomic E-state index is 2.89. The van der Waals surface area contributed by atoms with Crippen molar-refractivity contribution in [2.45, 2.75) is 113 Å². The number of hydrogen-bond acceptors (Lipinski definition) is 0. The van der Waals surface area contributed by atoms with Gasteiger partial charge >= 0.3 is 0 Å². The zero-order chi connectivity index (χ0) is 19.1. The summed E-state index contributed by atoms with van der Waals surface area (Å²) in [5, 5.41) is 0. The Balaban J connectivity index is 1.73. The van der Waals surface area contributed by atoms with Crippen LogP contribution >= 0.6 is 6.89 Å². The molecule has 28 heavy (non-hydrogen) atoms. The fraction of sp³-hybridized carbons (Fsp3) is 0.667. The Morgan fingerprint density at radius 1 is 0.571 bits per heavy atom. The monoisotopic (exact) mass is 396 g/mol. The van der Waals surface area contributed by atoms with E-state index in [1.807, 2.05) is 0 Å². The van der Waals surface area contributed by atoms with Crippen LogP contribution < -0.4 is 0 Å². The fourth-order valence-corrected chi connectivity index (χ4v) is 13.4. The Hall–Kier alpha value is -0.740. The van der Waals surface area contributed by atoms with E-state index in [1.54, 1.807) is 0 Å². The molecule has 0 heterocycles. The van der Waals surface area contributed by atoms with Gasteiger partial charge < -0.3 is 0 Å². The van der Waals surface area contributed by atoms with Crippen LogP contribution in [0.1, 0.15) is 102 Å². The van der Waals surface area contributed by atoms with Crippen LogP contribution in [-0.4, -0.2) is 22.8 Å². The molecule has 0 aliphatic heterocycles. The average Bonchev–Trinajstić information content (AvgIpc) is 2.79. The van der Waals surface area contributed by atoms with Crippen molar-refractivity contribution in [2.75, 3.05) is 0 Å². The molecule has 0 bridgehead atoms.